The van der Waals surface area contributed by atoms with Crippen molar-refractivity contribution in [3.05, 3.63) is 46.8 Å². The van der Waals surface area contributed by atoms with Crippen LogP contribution in [0.15, 0.2) is 33.1 Å². The third-order valence-electron chi connectivity index (χ3n) is 2.15. The van der Waals surface area contributed by atoms with Crippen LogP contribution in [-0.4, -0.2) is 18.2 Å². The van der Waals surface area contributed by atoms with Crippen LogP contribution in [0.1, 0.15) is 28.2 Å². The first-order valence-electron chi connectivity index (χ1n) is 4.73. The molecule has 0 aliphatic rings. The zero-order valence-corrected chi connectivity index (χ0v) is 9.60. The van der Waals surface area contributed by atoms with Crippen molar-refractivity contribution >= 4 is 17.6 Å². The highest BCUT2D eigenvalue weighted by atomic mass is 35.5. The molecule has 2 rings (SSSR count). The van der Waals surface area contributed by atoms with Crippen molar-refractivity contribution in [3.8, 4) is 0 Å². The fourth-order valence-corrected chi connectivity index (χ4v) is 1.48. The summed E-state index contributed by atoms with van der Waals surface area (Å²) in [5, 5.41) is 10.0. The highest BCUT2D eigenvalue weighted by Crippen LogP contribution is 2.27. The average Bonchev–Trinajstić information content (AvgIpc) is 2.95. The molecule has 2 aromatic heterocycles. The van der Waals surface area contributed by atoms with E-state index in [1.165, 1.54) is 31.4 Å². The molecule has 5 nitrogen and oxygen atoms in total. The van der Waals surface area contributed by atoms with Crippen molar-refractivity contribution in [2.75, 3.05) is 7.11 Å². The molecule has 0 aliphatic heterocycles. The van der Waals surface area contributed by atoms with Crippen LogP contribution in [0.5, 0.6) is 0 Å². The maximum absolute atomic E-state index is 11.1. The monoisotopic (exact) mass is 256 g/mol. The van der Waals surface area contributed by atoms with Gasteiger partial charge in [-0.2, -0.15) is 0 Å². The van der Waals surface area contributed by atoms with Gasteiger partial charge in [0.25, 0.3) is 0 Å². The summed E-state index contributed by atoms with van der Waals surface area (Å²) in [6.07, 6.45) is -1.11. The lowest BCUT2D eigenvalue weighted by atomic mass is 10.2. The Hall–Kier alpha value is -1.72. The smallest absolute Gasteiger partial charge is 0.373 e. The van der Waals surface area contributed by atoms with Crippen LogP contribution in [0.4, 0.5) is 0 Å². The largest absolute Gasteiger partial charge is 0.463 e. The summed E-state index contributed by atoms with van der Waals surface area (Å²) in [7, 11) is 1.24. The zero-order valence-electron chi connectivity index (χ0n) is 8.84. The van der Waals surface area contributed by atoms with Crippen LogP contribution < -0.4 is 0 Å². The van der Waals surface area contributed by atoms with Gasteiger partial charge in [0.15, 0.2) is 11.3 Å². The summed E-state index contributed by atoms with van der Waals surface area (Å²) in [6, 6.07) is 5.90. The predicted octanol–water partition coefficient (Wildman–Crippen LogP) is 2.39. The second-order valence-corrected chi connectivity index (χ2v) is 3.61. The van der Waals surface area contributed by atoms with E-state index in [2.05, 4.69) is 4.74 Å². The van der Waals surface area contributed by atoms with Crippen LogP contribution in [0.2, 0.25) is 5.22 Å². The Bertz CT molecular complexity index is 527. The molecule has 2 aromatic rings. The van der Waals surface area contributed by atoms with Gasteiger partial charge in [-0.3, -0.25) is 0 Å². The van der Waals surface area contributed by atoms with Gasteiger partial charge in [-0.05, 0) is 35.9 Å². The Morgan fingerprint density at radius 2 is 1.94 bits per heavy atom. The topological polar surface area (TPSA) is 72.8 Å². The van der Waals surface area contributed by atoms with E-state index >= 15 is 0 Å². The number of esters is 1. The Balaban J connectivity index is 2.23. The molecule has 0 fully saturated rings. The molecule has 0 amide bonds. The maximum atomic E-state index is 11.1. The molecule has 0 bridgehead atoms. The van der Waals surface area contributed by atoms with E-state index in [0.717, 1.165) is 0 Å². The molecule has 1 atom stereocenters. The van der Waals surface area contributed by atoms with E-state index in [1.54, 1.807) is 0 Å². The third-order valence-corrected chi connectivity index (χ3v) is 2.35. The molecule has 17 heavy (non-hydrogen) atoms. The van der Waals surface area contributed by atoms with Crippen LogP contribution in [0.3, 0.4) is 0 Å². The number of carbonyl (C=O) groups excluding carboxylic acids is 1. The van der Waals surface area contributed by atoms with Gasteiger partial charge in [0.05, 0.1) is 7.11 Å². The van der Waals surface area contributed by atoms with E-state index in [9.17, 15) is 9.90 Å². The number of ether oxygens (including phenoxy) is 1. The van der Waals surface area contributed by atoms with Crippen LogP contribution in [-0.2, 0) is 4.74 Å². The first-order chi connectivity index (χ1) is 8.11. The van der Waals surface area contributed by atoms with Crippen LogP contribution >= 0.6 is 11.6 Å². The van der Waals surface area contributed by atoms with E-state index < -0.39 is 12.1 Å². The van der Waals surface area contributed by atoms with Crippen molar-refractivity contribution in [2.45, 2.75) is 6.10 Å². The molecule has 1 N–H and O–H groups in total. The van der Waals surface area contributed by atoms with E-state index in [1.807, 2.05) is 0 Å². The minimum absolute atomic E-state index is 0.0132. The molecule has 90 valence electrons. The van der Waals surface area contributed by atoms with Crippen molar-refractivity contribution in [1.82, 2.24) is 0 Å². The van der Waals surface area contributed by atoms with Gasteiger partial charge in [0.1, 0.15) is 11.5 Å². The molecular weight excluding hydrogens is 248 g/mol. The van der Waals surface area contributed by atoms with Gasteiger partial charge in [-0.25, -0.2) is 4.79 Å². The molecule has 0 saturated heterocycles. The van der Waals surface area contributed by atoms with Crippen LogP contribution in [0, 0.1) is 0 Å². The lowest BCUT2D eigenvalue weighted by Gasteiger charge is -2.03. The van der Waals surface area contributed by atoms with Crippen molar-refractivity contribution in [1.29, 1.82) is 0 Å². The summed E-state index contributed by atoms with van der Waals surface area (Å²) in [5.41, 5.74) is 0. The van der Waals surface area contributed by atoms with Crippen LogP contribution in [0.25, 0.3) is 0 Å². The first-order valence-corrected chi connectivity index (χ1v) is 5.11. The zero-order chi connectivity index (χ0) is 12.4. The summed E-state index contributed by atoms with van der Waals surface area (Å²) in [4.78, 5) is 11.1. The van der Waals surface area contributed by atoms with Gasteiger partial charge in [-0.15, -0.1) is 0 Å². The molecule has 0 spiro atoms. The molecule has 0 aliphatic carbocycles. The molecule has 6 heteroatoms. The number of carbonyl (C=O) groups is 1. The predicted molar refractivity (Wildman–Crippen MR) is 57.8 cm³/mol. The number of methoxy groups -OCH3 is 1. The Morgan fingerprint density at radius 3 is 2.53 bits per heavy atom. The normalized spacial score (nSPS) is 12.4. The number of aliphatic hydroxyl groups is 1. The first kappa shape index (κ1) is 11.8. The Labute approximate surface area is 102 Å². The lowest BCUT2D eigenvalue weighted by molar-refractivity contribution is 0.0556. The summed E-state index contributed by atoms with van der Waals surface area (Å²) >= 11 is 5.59. The Morgan fingerprint density at radius 1 is 1.29 bits per heavy atom. The van der Waals surface area contributed by atoms with E-state index in [4.69, 9.17) is 20.4 Å². The molecule has 1 unspecified atom stereocenters. The minimum atomic E-state index is -1.11. The second kappa shape index (κ2) is 4.65. The third kappa shape index (κ3) is 2.35. The number of halogens is 1. The van der Waals surface area contributed by atoms with Gasteiger partial charge >= 0.3 is 5.97 Å². The number of hydrogen-bond donors (Lipinski definition) is 1. The maximum Gasteiger partial charge on any atom is 0.373 e. The highest BCUT2D eigenvalue weighted by Gasteiger charge is 2.20. The van der Waals surface area contributed by atoms with Gasteiger partial charge < -0.3 is 18.7 Å². The lowest BCUT2D eigenvalue weighted by Crippen LogP contribution is -1.99. The molecular formula is C11H9ClO5. The van der Waals surface area contributed by atoms with Crippen molar-refractivity contribution in [2.24, 2.45) is 0 Å². The second-order valence-electron chi connectivity index (χ2n) is 3.24. The Kier molecular flexibility index (Phi) is 3.21. The minimum Gasteiger partial charge on any atom is -0.463 e. The summed E-state index contributed by atoms with van der Waals surface area (Å²) in [5.74, 6) is -0.183. The quantitative estimate of drug-likeness (QED) is 0.854. The summed E-state index contributed by atoms with van der Waals surface area (Å²) in [6.45, 7) is 0. The van der Waals surface area contributed by atoms with E-state index in [0.29, 0.717) is 0 Å². The molecule has 2 heterocycles. The SMILES string of the molecule is COC(=O)c1ccc(C(O)c2ccc(Cl)o2)o1. The number of rotatable bonds is 3. The van der Waals surface area contributed by atoms with Crippen molar-refractivity contribution < 1.29 is 23.5 Å². The average molecular weight is 257 g/mol. The fraction of sp³-hybridized carbons (Fsp3) is 0.182. The molecule has 0 radical (unpaired) electrons. The highest BCUT2D eigenvalue weighted by molar-refractivity contribution is 6.28. The molecule has 0 aromatic carbocycles. The standard InChI is InChI=1S/C11H9ClO5/c1-15-11(14)8-3-2-6(16-8)10(13)7-4-5-9(12)17-7/h2-5,10,13H,1H3. The van der Waals surface area contributed by atoms with Gasteiger partial charge in [-0.1, -0.05) is 0 Å². The number of hydrogen-bond acceptors (Lipinski definition) is 5. The van der Waals surface area contributed by atoms with Gasteiger partial charge in [0.2, 0.25) is 5.76 Å². The number of aliphatic hydroxyl groups excluding tert-OH is 1. The van der Waals surface area contributed by atoms with Gasteiger partial charge in [0, 0.05) is 0 Å². The van der Waals surface area contributed by atoms with Crippen molar-refractivity contribution in [3.63, 3.8) is 0 Å². The summed E-state index contributed by atoms with van der Waals surface area (Å²) < 4.78 is 14.6. The van der Waals surface area contributed by atoms with E-state index in [-0.39, 0.29) is 22.5 Å². The molecule has 0 saturated carbocycles. The fourth-order valence-electron chi connectivity index (χ4n) is 1.33. The number of furan rings is 2.